The highest BCUT2D eigenvalue weighted by Gasteiger charge is 2.13. The molecule has 116 valence electrons. The van der Waals surface area contributed by atoms with Crippen molar-refractivity contribution >= 4 is 45.9 Å². The van der Waals surface area contributed by atoms with E-state index in [9.17, 15) is 9.59 Å². The number of thioether (sulfide) groups is 1. The maximum atomic E-state index is 12.3. The van der Waals surface area contributed by atoms with E-state index in [4.69, 9.17) is 16.0 Å². The minimum atomic E-state index is -0.476. The average Bonchev–Trinajstić information content (AvgIpc) is 2.56. The first-order valence-corrected chi connectivity index (χ1v) is 8.36. The molecular formula is C17H12ClNO3S. The van der Waals surface area contributed by atoms with E-state index in [1.165, 1.54) is 12.1 Å². The Hall–Kier alpha value is -2.24. The van der Waals surface area contributed by atoms with Gasteiger partial charge in [-0.25, -0.2) is 0 Å². The van der Waals surface area contributed by atoms with E-state index >= 15 is 0 Å². The van der Waals surface area contributed by atoms with E-state index in [0.717, 1.165) is 4.90 Å². The van der Waals surface area contributed by atoms with E-state index in [-0.39, 0.29) is 11.2 Å². The molecule has 0 aliphatic heterocycles. The largest absolute Gasteiger partial charge is 0.451 e. The summed E-state index contributed by atoms with van der Waals surface area (Å²) in [4.78, 5) is 25.4. The number of halogens is 1. The van der Waals surface area contributed by atoms with Gasteiger partial charge in [-0.05, 0) is 48.7 Å². The van der Waals surface area contributed by atoms with Crippen LogP contribution in [0.1, 0.15) is 10.6 Å². The number of carbonyl (C=O) groups is 1. The smallest absolute Gasteiger partial charge is 0.291 e. The SMILES string of the molecule is CSc1ccc(NC(=O)c2cc(=O)c3cc(Cl)ccc3o2)cc1. The van der Waals surface area contributed by atoms with Gasteiger partial charge in [-0.3, -0.25) is 9.59 Å². The summed E-state index contributed by atoms with van der Waals surface area (Å²) < 4.78 is 5.50. The lowest BCUT2D eigenvalue weighted by atomic mass is 10.2. The number of carbonyl (C=O) groups excluding carboxylic acids is 1. The summed E-state index contributed by atoms with van der Waals surface area (Å²) in [6.45, 7) is 0. The minimum Gasteiger partial charge on any atom is -0.451 e. The first kappa shape index (κ1) is 15.6. The zero-order chi connectivity index (χ0) is 16.4. The van der Waals surface area contributed by atoms with Crippen molar-refractivity contribution in [3.05, 3.63) is 69.5 Å². The molecule has 0 aliphatic rings. The van der Waals surface area contributed by atoms with Crippen molar-refractivity contribution in [2.75, 3.05) is 11.6 Å². The van der Waals surface area contributed by atoms with Crippen LogP contribution in [0.5, 0.6) is 0 Å². The van der Waals surface area contributed by atoms with Crippen LogP contribution in [0.2, 0.25) is 5.02 Å². The van der Waals surface area contributed by atoms with E-state index in [1.807, 2.05) is 18.4 Å². The van der Waals surface area contributed by atoms with Crippen LogP contribution in [0, 0.1) is 0 Å². The third-order valence-corrected chi connectivity index (χ3v) is 4.24. The van der Waals surface area contributed by atoms with Crippen molar-refractivity contribution in [3.63, 3.8) is 0 Å². The summed E-state index contributed by atoms with van der Waals surface area (Å²) in [5.74, 6) is -0.519. The molecule has 0 radical (unpaired) electrons. The van der Waals surface area contributed by atoms with Gasteiger partial charge in [0, 0.05) is 21.7 Å². The van der Waals surface area contributed by atoms with Crippen LogP contribution < -0.4 is 10.7 Å². The number of hydrogen-bond donors (Lipinski definition) is 1. The molecule has 2 aromatic carbocycles. The van der Waals surface area contributed by atoms with Gasteiger partial charge in [0.15, 0.2) is 11.2 Å². The summed E-state index contributed by atoms with van der Waals surface area (Å²) in [5, 5.41) is 3.49. The normalized spacial score (nSPS) is 10.7. The van der Waals surface area contributed by atoms with Crippen molar-refractivity contribution < 1.29 is 9.21 Å². The minimum absolute atomic E-state index is 0.0428. The monoisotopic (exact) mass is 345 g/mol. The van der Waals surface area contributed by atoms with Crippen LogP contribution >= 0.6 is 23.4 Å². The molecule has 4 nitrogen and oxygen atoms in total. The van der Waals surface area contributed by atoms with Crippen molar-refractivity contribution in [3.8, 4) is 0 Å². The Morgan fingerprint density at radius 1 is 1.13 bits per heavy atom. The Kier molecular flexibility index (Phi) is 4.41. The molecule has 1 N–H and O–H groups in total. The van der Waals surface area contributed by atoms with Gasteiger partial charge >= 0.3 is 0 Å². The lowest BCUT2D eigenvalue weighted by Crippen LogP contribution is -2.14. The summed E-state index contributed by atoms with van der Waals surface area (Å²) >= 11 is 7.48. The molecule has 0 saturated carbocycles. The molecule has 0 fully saturated rings. The quantitative estimate of drug-likeness (QED) is 0.714. The Balaban J connectivity index is 1.91. The molecule has 1 aromatic heterocycles. The summed E-state index contributed by atoms with van der Waals surface area (Å²) in [6, 6.07) is 13.3. The Morgan fingerprint density at radius 2 is 1.87 bits per heavy atom. The summed E-state index contributed by atoms with van der Waals surface area (Å²) in [6.07, 6.45) is 1.98. The Bertz CT molecular complexity index is 935. The molecule has 1 amide bonds. The standard InChI is InChI=1S/C17H12ClNO3S/c1-23-12-5-3-11(4-6-12)19-17(21)16-9-14(20)13-8-10(18)2-7-15(13)22-16/h2-9H,1H3,(H,19,21). The van der Waals surface area contributed by atoms with Crippen LogP contribution in [-0.4, -0.2) is 12.2 Å². The molecular weight excluding hydrogens is 334 g/mol. The first-order valence-electron chi connectivity index (χ1n) is 6.75. The fourth-order valence-corrected chi connectivity index (χ4v) is 2.69. The van der Waals surface area contributed by atoms with Crippen molar-refractivity contribution in [1.82, 2.24) is 0 Å². The molecule has 0 bridgehead atoms. The van der Waals surface area contributed by atoms with Crippen LogP contribution in [0.4, 0.5) is 5.69 Å². The zero-order valence-electron chi connectivity index (χ0n) is 12.1. The average molecular weight is 346 g/mol. The molecule has 3 rings (SSSR count). The Morgan fingerprint density at radius 3 is 2.57 bits per heavy atom. The molecule has 23 heavy (non-hydrogen) atoms. The molecule has 1 heterocycles. The first-order chi connectivity index (χ1) is 11.1. The van der Waals surface area contributed by atoms with Gasteiger partial charge in [-0.1, -0.05) is 11.6 Å². The number of amides is 1. The van der Waals surface area contributed by atoms with Gasteiger partial charge in [-0.15, -0.1) is 11.8 Å². The summed E-state index contributed by atoms with van der Waals surface area (Å²) in [5.41, 5.74) is 0.646. The maximum absolute atomic E-state index is 12.3. The number of hydrogen-bond acceptors (Lipinski definition) is 4. The van der Waals surface area contributed by atoms with Crippen LogP contribution in [0.25, 0.3) is 11.0 Å². The number of rotatable bonds is 3. The van der Waals surface area contributed by atoms with Gasteiger partial charge in [-0.2, -0.15) is 0 Å². The van der Waals surface area contributed by atoms with Gasteiger partial charge in [0.2, 0.25) is 0 Å². The van der Waals surface area contributed by atoms with Crippen LogP contribution in [0.15, 0.2) is 62.6 Å². The van der Waals surface area contributed by atoms with E-state index in [0.29, 0.717) is 21.7 Å². The lowest BCUT2D eigenvalue weighted by Gasteiger charge is -2.06. The Labute approximate surface area is 141 Å². The summed E-state index contributed by atoms with van der Waals surface area (Å²) in [7, 11) is 0. The molecule has 0 aliphatic carbocycles. The second-order valence-electron chi connectivity index (χ2n) is 4.80. The van der Waals surface area contributed by atoms with E-state index in [1.54, 1.807) is 36.0 Å². The van der Waals surface area contributed by atoms with Gasteiger partial charge in [0.25, 0.3) is 5.91 Å². The highest BCUT2D eigenvalue weighted by molar-refractivity contribution is 7.98. The highest BCUT2D eigenvalue weighted by atomic mass is 35.5. The number of anilines is 1. The van der Waals surface area contributed by atoms with Crippen molar-refractivity contribution in [2.24, 2.45) is 0 Å². The van der Waals surface area contributed by atoms with Gasteiger partial charge in [0.05, 0.1) is 5.39 Å². The molecule has 0 saturated heterocycles. The topological polar surface area (TPSA) is 59.3 Å². The van der Waals surface area contributed by atoms with Gasteiger partial charge < -0.3 is 9.73 Å². The predicted molar refractivity (Wildman–Crippen MR) is 93.7 cm³/mol. The third-order valence-electron chi connectivity index (χ3n) is 3.26. The molecule has 0 unspecified atom stereocenters. The molecule has 0 spiro atoms. The second kappa shape index (κ2) is 6.48. The fourth-order valence-electron chi connectivity index (χ4n) is 2.11. The fraction of sp³-hybridized carbons (Fsp3) is 0.0588. The van der Waals surface area contributed by atoms with E-state index in [2.05, 4.69) is 5.32 Å². The highest BCUT2D eigenvalue weighted by Crippen LogP contribution is 2.20. The molecule has 3 aromatic rings. The predicted octanol–water partition coefficient (Wildman–Crippen LogP) is 4.42. The van der Waals surface area contributed by atoms with Gasteiger partial charge in [0.1, 0.15) is 5.58 Å². The number of fused-ring (bicyclic) bond motifs is 1. The van der Waals surface area contributed by atoms with Crippen LogP contribution in [0.3, 0.4) is 0 Å². The van der Waals surface area contributed by atoms with Crippen molar-refractivity contribution in [1.29, 1.82) is 0 Å². The zero-order valence-corrected chi connectivity index (χ0v) is 13.7. The number of benzene rings is 2. The third kappa shape index (κ3) is 3.41. The van der Waals surface area contributed by atoms with Crippen molar-refractivity contribution in [2.45, 2.75) is 4.90 Å². The van der Waals surface area contributed by atoms with Crippen LogP contribution in [-0.2, 0) is 0 Å². The second-order valence-corrected chi connectivity index (χ2v) is 6.11. The maximum Gasteiger partial charge on any atom is 0.291 e. The number of nitrogens with one attached hydrogen (secondary N) is 1. The van der Waals surface area contributed by atoms with E-state index < -0.39 is 5.91 Å². The molecule has 6 heteroatoms. The molecule has 0 atom stereocenters. The lowest BCUT2D eigenvalue weighted by molar-refractivity contribution is 0.0997.